The molecule has 1 fully saturated rings. The third-order valence-corrected chi connectivity index (χ3v) is 4.85. The van der Waals surface area contributed by atoms with Crippen LogP contribution in [0.1, 0.15) is 51.2 Å². The summed E-state index contributed by atoms with van der Waals surface area (Å²) < 4.78 is 0. The van der Waals surface area contributed by atoms with E-state index in [0.717, 1.165) is 36.4 Å². The number of nitrogens with one attached hydrogen (secondary N) is 1. The van der Waals surface area contributed by atoms with Crippen LogP contribution in [0, 0.1) is 17.8 Å². The molecule has 0 amide bonds. The molecular formula is C18H27NOS. The van der Waals surface area contributed by atoms with Gasteiger partial charge in [-0.1, -0.05) is 57.3 Å². The summed E-state index contributed by atoms with van der Waals surface area (Å²) in [4.78, 5) is 0.812. The third kappa shape index (κ3) is 4.27. The first-order valence-electron chi connectivity index (χ1n) is 7.73. The van der Waals surface area contributed by atoms with Crippen LogP contribution < -0.4 is 5.32 Å². The average Bonchev–Trinajstić information content (AvgIpc) is 2.33. The van der Waals surface area contributed by atoms with Gasteiger partial charge in [0, 0.05) is 12.1 Å². The summed E-state index contributed by atoms with van der Waals surface area (Å²) in [7, 11) is 0. The van der Waals surface area contributed by atoms with Gasteiger partial charge in [-0.15, -0.1) is 0 Å². The van der Waals surface area contributed by atoms with Crippen LogP contribution in [0.2, 0.25) is 0 Å². The summed E-state index contributed by atoms with van der Waals surface area (Å²) in [5.74, 6) is 0. The fourth-order valence-corrected chi connectivity index (χ4v) is 4.23. The molecule has 3 heteroatoms. The lowest BCUT2D eigenvalue weighted by Gasteiger charge is -2.45. The molecule has 0 aromatic heterocycles. The maximum absolute atomic E-state index is 10.1. The predicted molar refractivity (Wildman–Crippen MR) is 92.6 cm³/mol. The van der Waals surface area contributed by atoms with Crippen molar-refractivity contribution in [3.8, 4) is 0 Å². The van der Waals surface area contributed by atoms with Gasteiger partial charge >= 0.3 is 0 Å². The molecule has 0 aliphatic heterocycles. The molecule has 1 aliphatic carbocycles. The fourth-order valence-electron chi connectivity index (χ4n) is 3.93. The molecule has 0 heterocycles. The summed E-state index contributed by atoms with van der Waals surface area (Å²) in [6.45, 7) is 9.64. The average molecular weight is 305 g/mol. The van der Waals surface area contributed by atoms with Crippen LogP contribution in [0.5, 0.6) is 0 Å². The second kappa shape index (κ2) is 6.05. The van der Waals surface area contributed by atoms with E-state index in [9.17, 15) is 5.11 Å². The SMILES string of the molecule is Cc1ccccc1C(=S)NC[C@@]1(C)C[C@@H](O)CC(C)(C)C1. The van der Waals surface area contributed by atoms with Crippen molar-refractivity contribution >= 4 is 17.2 Å². The number of hydrogen-bond acceptors (Lipinski definition) is 2. The Kier molecular flexibility index (Phi) is 4.74. The van der Waals surface area contributed by atoms with Crippen molar-refractivity contribution in [2.75, 3.05) is 6.54 Å². The van der Waals surface area contributed by atoms with Gasteiger partial charge in [-0.05, 0) is 42.6 Å². The van der Waals surface area contributed by atoms with Crippen molar-refractivity contribution in [2.45, 2.75) is 53.1 Å². The predicted octanol–water partition coefficient (Wildman–Crippen LogP) is 3.84. The number of aliphatic hydroxyl groups is 1. The van der Waals surface area contributed by atoms with E-state index >= 15 is 0 Å². The Morgan fingerprint density at radius 1 is 1.29 bits per heavy atom. The number of thiocarbonyl (C=S) groups is 1. The van der Waals surface area contributed by atoms with Crippen LogP contribution in [0.3, 0.4) is 0 Å². The number of benzene rings is 1. The first-order valence-corrected chi connectivity index (χ1v) is 8.14. The van der Waals surface area contributed by atoms with Crippen molar-refractivity contribution < 1.29 is 5.11 Å². The lowest BCUT2D eigenvalue weighted by Crippen LogP contribution is -2.45. The van der Waals surface area contributed by atoms with Crippen LogP contribution in [0.15, 0.2) is 24.3 Å². The first-order chi connectivity index (χ1) is 9.71. The van der Waals surface area contributed by atoms with E-state index in [-0.39, 0.29) is 16.9 Å². The lowest BCUT2D eigenvalue weighted by atomic mass is 9.63. The summed E-state index contributed by atoms with van der Waals surface area (Å²) >= 11 is 5.54. The van der Waals surface area contributed by atoms with Gasteiger partial charge in [0.1, 0.15) is 4.99 Å². The number of aliphatic hydroxyl groups excluding tert-OH is 1. The van der Waals surface area contributed by atoms with Gasteiger partial charge in [0.15, 0.2) is 0 Å². The molecule has 1 aromatic rings. The molecule has 0 spiro atoms. The Balaban J connectivity index is 2.02. The molecular weight excluding hydrogens is 278 g/mol. The molecule has 21 heavy (non-hydrogen) atoms. The topological polar surface area (TPSA) is 32.3 Å². The molecule has 1 saturated carbocycles. The van der Waals surface area contributed by atoms with E-state index in [4.69, 9.17) is 12.2 Å². The van der Waals surface area contributed by atoms with Crippen LogP contribution in [0.25, 0.3) is 0 Å². The minimum absolute atomic E-state index is 0.0912. The molecule has 0 radical (unpaired) electrons. The maximum Gasteiger partial charge on any atom is 0.106 e. The number of rotatable bonds is 3. The van der Waals surface area contributed by atoms with E-state index in [1.54, 1.807) is 0 Å². The van der Waals surface area contributed by atoms with Gasteiger partial charge in [-0.3, -0.25) is 0 Å². The van der Waals surface area contributed by atoms with Crippen molar-refractivity contribution in [1.82, 2.24) is 5.32 Å². The normalized spacial score (nSPS) is 28.1. The van der Waals surface area contributed by atoms with Crippen LogP contribution in [-0.4, -0.2) is 22.7 Å². The fraction of sp³-hybridized carbons (Fsp3) is 0.611. The molecule has 116 valence electrons. The Labute approximate surface area is 134 Å². The standard InChI is InChI=1S/C18H27NOS/c1-13-7-5-6-8-15(13)16(21)19-12-18(4)10-14(20)9-17(2,3)11-18/h5-8,14,20H,9-12H2,1-4H3,(H,19,21)/t14-,18-/m0/s1. The van der Waals surface area contributed by atoms with Crippen LogP contribution in [-0.2, 0) is 0 Å². The molecule has 2 N–H and O–H groups in total. The highest BCUT2D eigenvalue weighted by Crippen LogP contribution is 2.45. The Morgan fingerprint density at radius 3 is 2.57 bits per heavy atom. The van der Waals surface area contributed by atoms with Gasteiger partial charge in [-0.25, -0.2) is 0 Å². The highest BCUT2D eigenvalue weighted by Gasteiger charge is 2.40. The van der Waals surface area contributed by atoms with Crippen molar-refractivity contribution in [3.63, 3.8) is 0 Å². The molecule has 0 bridgehead atoms. The minimum Gasteiger partial charge on any atom is -0.393 e. The molecule has 2 rings (SSSR count). The molecule has 0 saturated heterocycles. The second-order valence-corrected chi connectivity index (χ2v) is 8.12. The lowest BCUT2D eigenvalue weighted by molar-refractivity contribution is -0.00679. The van der Waals surface area contributed by atoms with E-state index in [0.29, 0.717) is 0 Å². The van der Waals surface area contributed by atoms with E-state index < -0.39 is 0 Å². The summed E-state index contributed by atoms with van der Waals surface area (Å²) in [6, 6.07) is 8.19. The van der Waals surface area contributed by atoms with Crippen molar-refractivity contribution in [1.29, 1.82) is 0 Å². The van der Waals surface area contributed by atoms with Gasteiger partial charge < -0.3 is 10.4 Å². The molecule has 0 unspecified atom stereocenters. The van der Waals surface area contributed by atoms with Gasteiger partial charge in [0.2, 0.25) is 0 Å². The molecule has 2 nitrogen and oxygen atoms in total. The minimum atomic E-state index is -0.201. The van der Waals surface area contributed by atoms with Gasteiger partial charge in [0.05, 0.1) is 6.10 Å². The van der Waals surface area contributed by atoms with Crippen LogP contribution in [0.4, 0.5) is 0 Å². The number of hydrogen-bond donors (Lipinski definition) is 2. The monoisotopic (exact) mass is 305 g/mol. The molecule has 1 aromatic carbocycles. The second-order valence-electron chi connectivity index (χ2n) is 7.71. The smallest absolute Gasteiger partial charge is 0.106 e. The van der Waals surface area contributed by atoms with E-state index in [2.05, 4.69) is 45.1 Å². The Morgan fingerprint density at radius 2 is 1.95 bits per heavy atom. The van der Waals surface area contributed by atoms with E-state index in [1.165, 1.54) is 5.56 Å². The zero-order chi connectivity index (χ0) is 15.7. The summed E-state index contributed by atoms with van der Waals surface area (Å²) in [6.07, 6.45) is 2.65. The largest absolute Gasteiger partial charge is 0.393 e. The van der Waals surface area contributed by atoms with Gasteiger partial charge in [0.25, 0.3) is 0 Å². The summed E-state index contributed by atoms with van der Waals surface area (Å²) in [5, 5.41) is 13.6. The zero-order valence-electron chi connectivity index (χ0n) is 13.6. The number of aryl methyl sites for hydroxylation is 1. The zero-order valence-corrected chi connectivity index (χ0v) is 14.4. The maximum atomic E-state index is 10.1. The third-order valence-electron chi connectivity index (χ3n) is 4.49. The highest BCUT2D eigenvalue weighted by molar-refractivity contribution is 7.80. The summed E-state index contributed by atoms with van der Waals surface area (Å²) in [5.41, 5.74) is 2.59. The van der Waals surface area contributed by atoms with Crippen molar-refractivity contribution in [3.05, 3.63) is 35.4 Å². The van der Waals surface area contributed by atoms with Crippen molar-refractivity contribution in [2.24, 2.45) is 10.8 Å². The quantitative estimate of drug-likeness (QED) is 0.832. The Hall–Kier alpha value is -0.930. The Bertz CT molecular complexity index is 526. The molecule has 1 aliphatic rings. The highest BCUT2D eigenvalue weighted by atomic mass is 32.1. The van der Waals surface area contributed by atoms with E-state index in [1.807, 2.05) is 12.1 Å². The van der Waals surface area contributed by atoms with Crippen LogP contribution >= 0.6 is 12.2 Å². The molecule has 2 atom stereocenters. The van der Waals surface area contributed by atoms with Gasteiger partial charge in [-0.2, -0.15) is 0 Å². The first kappa shape index (κ1) is 16.4.